The molecule has 0 spiro atoms. The number of benzene rings is 1. The van der Waals surface area contributed by atoms with Gasteiger partial charge in [-0.2, -0.15) is 0 Å². The lowest BCUT2D eigenvalue weighted by molar-refractivity contribution is 0.561. The van der Waals surface area contributed by atoms with Gasteiger partial charge in [-0.15, -0.1) is 0 Å². The molecule has 0 saturated carbocycles. The molecule has 2 aromatic heterocycles. The van der Waals surface area contributed by atoms with Gasteiger partial charge in [0.15, 0.2) is 11.5 Å². The van der Waals surface area contributed by atoms with E-state index in [1.807, 2.05) is 39.1 Å². The van der Waals surface area contributed by atoms with Gasteiger partial charge in [0.2, 0.25) is 0 Å². The summed E-state index contributed by atoms with van der Waals surface area (Å²) < 4.78 is 5.57. The second-order valence-electron chi connectivity index (χ2n) is 4.60. The van der Waals surface area contributed by atoms with Gasteiger partial charge >= 0.3 is 0 Å². The molecular weight excluding hydrogens is 240 g/mol. The van der Waals surface area contributed by atoms with Crippen molar-refractivity contribution < 1.29 is 4.42 Å². The van der Waals surface area contributed by atoms with Crippen molar-refractivity contribution in [1.29, 1.82) is 0 Å². The smallest absolute Gasteiger partial charge is 0.192 e. The molecule has 0 aliphatic carbocycles. The van der Waals surface area contributed by atoms with E-state index in [4.69, 9.17) is 4.42 Å². The Bertz CT molecular complexity index is 726. The highest BCUT2D eigenvalue weighted by atomic mass is 16.3. The number of imidazole rings is 1. The first-order chi connectivity index (χ1) is 9.17. The van der Waals surface area contributed by atoms with Gasteiger partial charge in [0.25, 0.3) is 0 Å². The van der Waals surface area contributed by atoms with E-state index in [1.165, 1.54) is 0 Å². The summed E-state index contributed by atoms with van der Waals surface area (Å²) in [5.41, 5.74) is 4.76. The number of aromatic amines is 1. The molecule has 0 bridgehead atoms. The number of nitrogens with zero attached hydrogens (tertiary/aromatic N) is 2. The molecule has 5 heteroatoms. The van der Waals surface area contributed by atoms with Crippen molar-refractivity contribution in [2.24, 2.45) is 0 Å². The maximum absolute atomic E-state index is 5.57. The maximum atomic E-state index is 5.57. The Morgan fingerprint density at radius 1 is 1.26 bits per heavy atom. The minimum Gasteiger partial charge on any atom is -0.441 e. The third-order valence-electron chi connectivity index (χ3n) is 3.02. The SMILES string of the molecule is CNCc1[nH]c(C)nc1-c1ccc2nc(C)oc2c1. The van der Waals surface area contributed by atoms with Gasteiger partial charge in [-0.25, -0.2) is 9.97 Å². The molecule has 2 heterocycles. The molecule has 0 radical (unpaired) electrons. The second kappa shape index (κ2) is 4.51. The number of hydrogen-bond acceptors (Lipinski definition) is 4. The Labute approximate surface area is 111 Å². The normalized spacial score (nSPS) is 11.3. The van der Waals surface area contributed by atoms with Gasteiger partial charge in [-0.3, -0.25) is 0 Å². The van der Waals surface area contributed by atoms with Crippen LogP contribution < -0.4 is 5.32 Å². The van der Waals surface area contributed by atoms with Crippen LogP contribution in [0.1, 0.15) is 17.4 Å². The molecule has 0 aliphatic heterocycles. The number of oxazole rings is 1. The zero-order chi connectivity index (χ0) is 13.4. The van der Waals surface area contributed by atoms with E-state index in [0.29, 0.717) is 5.89 Å². The average Bonchev–Trinajstić information content (AvgIpc) is 2.90. The summed E-state index contributed by atoms with van der Waals surface area (Å²) >= 11 is 0. The van der Waals surface area contributed by atoms with Crippen LogP contribution in [0.3, 0.4) is 0 Å². The van der Waals surface area contributed by atoms with Crippen LogP contribution in [0.15, 0.2) is 22.6 Å². The predicted molar refractivity (Wildman–Crippen MR) is 73.8 cm³/mol. The van der Waals surface area contributed by atoms with E-state index in [1.54, 1.807) is 0 Å². The molecule has 0 atom stereocenters. The lowest BCUT2D eigenvalue weighted by atomic mass is 10.1. The highest BCUT2D eigenvalue weighted by Gasteiger charge is 2.12. The third-order valence-corrected chi connectivity index (χ3v) is 3.02. The van der Waals surface area contributed by atoms with Crippen LogP contribution in [-0.2, 0) is 6.54 Å². The number of hydrogen-bond donors (Lipinski definition) is 2. The molecule has 3 aromatic rings. The summed E-state index contributed by atoms with van der Waals surface area (Å²) in [5.74, 6) is 1.59. The Morgan fingerprint density at radius 2 is 2.11 bits per heavy atom. The number of fused-ring (bicyclic) bond motifs is 1. The molecule has 1 aromatic carbocycles. The lowest BCUT2D eigenvalue weighted by Crippen LogP contribution is -2.06. The van der Waals surface area contributed by atoms with Gasteiger partial charge < -0.3 is 14.7 Å². The van der Waals surface area contributed by atoms with E-state index in [-0.39, 0.29) is 0 Å². The first-order valence-corrected chi connectivity index (χ1v) is 6.25. The van der Waals surface area contributed by atoms with E-state index < -0.39 is 0 Å². The Hall–Kier alpha value is -2.14. The van der Waals surface area contributed by atoms with Crippen LogP contribution in [0.25, 0.3) is 22.4 Å². The first-order valence-electron chi connectivity index (χ1n) is 6.25. The summed E-state index contributed by atoms with van der Waals surface area (Å²) in [6.07, 6.45) is 0. The number of aryl methyl sites for hydroxylation is 2. The Morgan fingerprint density at radius 3 is 2.89 bits per heavy atom. The third kappa shape index (κ3) is 2.13. The molecule has 0 unspecified atom stereocenters. The number of aromatic nitrogens is 3. The average molecular weight is 256 g/mol. The molecule has 0 saturated heterocycles. The standard InChI is InChI=1S/C14H16N4O/c1-8-16-12(7-15-3)14(17-8)10-4-5-11-13(6-10)19-9(2)18-11/h4-6,15H,7H2,1-3H3,(H,16,17). The van der Waals surface area contributed by atoms with Gasteiger partial charge in [0, 0.05) is 19.0 Å². The van der Waals surface area contributed by atoms with E-state index in [0.717, 1.165) is 40.4 Å². The highest BCUT2D eigenvalue weighted by Crippen LogP contribution is 2.26. The van der Waals surface area contributed by atoms with Crippen molar-refractivity contribution in [1.82, 2.24) is 20.3 Å². The zero-order valence-electron chi connectivity index (χ0n) is 11.2. The summed E-state index contributed by atoms with van der Waals surface area (Å²) in [5, 5.41) is 3.14. The van der Waals surface area contributed by atoms with Crippen molar-refractivity contribution in [3.63, 3.8) is 0 Å². The molecular formula is C14H16N4O. The monoisotopic (exact) mass is 256 g/mol. The molecule has 3 rings (SSSR count). The minimum absolute atomic E-state index is 0.681. The van der Waals surface area contributed by atoms with Gasteiger partial charge in [0.05, 0.1) is 11.4 Å². The summed E-state index contributed by atoms with van der Waals surface area (Å²) in [6, 6.07) is 5.98. The van der Waals surface area contributed by atoms with Crippen LogP contribution in [0.5, 0.6) is 0 Å². The van der Waals surface area contributed by atoms with Crippen molar-refractivity contribution in [3.8, 4) is 11.3 Å². The number of rotatable bonds is 3. The quantitative estimate of drug-likeness (QED) is 0.755. The molecule has 0 fully saturated rings. The van der Waals surface area contributed by atoms with Crippen LogP contribution in [-0.4, -0.2) is 22.0 Å². The fraction of sp³-hybridized carbons (Fsp3) is 0.286. The van der Waals surface area contributed by atoms with E-state index >= 15 is 0 Å². The molecule has 5 nitrogen and oxygen atoms in total. The van der Waals surface area contributed by atoms with E-state index in [2.05, 4.69) is 20.3 Å². The predicted octanol–water partition coefficient (Wildman–Crippen LogP) is 2.55. The molecule has 19 heavy (non-hydrogen) atoms. The van der Waals surface area contributed by atoms with Crippen molar-refractivity contribution in [3.05, 3.63) is 35.6 Å². The topological polar surface area (TPSA) is 66.7 Å². The van der Waals surface area contributed by atoms with Gasteiger partial charge in [0.1, 0.15) is 11.3 Å². The van der Waals surface area contributed by atoms with E-state index in [9.17, 15) is 0 Å². The fourth-order valence-electron chi connectivity index (χ4n) is 2.27. The van der Waals surface area contributed by atoms with Crippen LogP contribution >= 0.6 is 0 Å². The first kappa shape index (κ1) is 11.9. The van der Waals surface area contributed by atoms with Crippen molar-refractivity contribution >= 4 is 11.1 Å². The van der Waals surface area contributed by atoms with Crippen LogP contribution in [0.4, 0.5) is 0 Å². The molecule has 0 aliphatic rings. The van der Waals surface area contributed by atoms with Gasteiger partial charge in [-0.05, 0) is 26.1 Å². The Balaban J connectivity index is 2.12. The maximum Gasteiger partial charge on any atom is 0.192 e. The molecule has 2 N–H and O–H groups in total. The fourth-order valence-corrected chi connectivity index (χ4v) is 2.27. The zero-order valence-corrected chi connectivity index (χ0v) is 11.2. The second-order valence-corrected chi connectivity index (χ2v) is 4.60. The summed E-state index contributed by atoms with van der Waals surface area (Å²) in [7, 11) is 1.92. The van der Waals surface area contributed by atoms with Crippen molar-refractivity contribution in [2.75, 3.05) is 7.05 Å². The summed E-state index contributed by atoms with van der Waals surface area (Å²) in [6.45, 7) is 4.56. The molecule has 0 amide bonds. The minimum atomic E-state index is 0.681. The highest BCUT2D eigenvalue weighted by molar-refractivity contribution is 5.79. The Kier molecular flexibility index (Phi) is 2.83. The number of nitrogens with one attached hydrogen (secondary N) is 2. The largest absolute Gasteiger partial charge is 0.441 e. The molecule has 98 valence electrons. The van der Waals surface area contributed by atoms with Crippen LogP contribution in [0, 0.1) is 13.8 Å². The van der Waals surface area contributed by atoms with Crippen LogP contribution in [0.2, 0.25) is 0 Å². The van der Waals surface area contributed by atoms with Crippen molar-refractivity contribution in [2.45, 2.75) is 20.4 Å². The van der Waals surface area contributed by atoms with Gasteiger partial charge in [-0.1, -0.05) is 6.07 Å². The summed E-state index contributed by atoms with van der Waals surface area (Å²) in [4.78, 5) is 12.1. The lowest BCUT2D eigenvalue weighted by Gasteiger charge is -2.01. The number of H-pyrrole nitrogens is 1.